The second kappa shape index (κ2) is 4.14. The van der Waals surface area contributed by atoms with Crippen LogP contribution in [-0.4, -0.2) is 19.5 Å². The Morgan fingerprint density at radius 3 is 2.86 bits per heavy atom. The third-order valence-corrected chi connectivity index (χ3v) is 2.23. The standard InChI is InChI=1S/C7H8N2O4S/c10-7(11)4-3-6-2-1-5-14(12,13)9-8-6/h1-2,5H,3-4H2,(H,10,11). The predicted octanol–water partition coefficient (Wildman–Crippen LogP) is 1.04. The molecule has 0 spiro atoms. The Labute approximate surface area is 80.7 Å². The number of nitrogens with zero attached hydrogens (tertiary/aromatic N) is 2. The summed E-state index contributed by atoms with van der Waals surface area (Å²) in [5, 5.41) is 12.7. The second-order valence-electron chi connectivity index (χ2n) is 2.58. The fourth-order valence-electron chi connectivity index (χ4n) is 0.788. The largest absolute Gasteiger partial charge is 0.481 e. The number of rotatable bonds is 3. The number of aliphatic carboxylic acids is 1. The van der Waals surface area contributed by atoms with Crippen LogP contribution in [-0.2, 0) is 14.8 Å². The van der Waals surface area contributed by atoms with Crippen LogP contribution in [0.15, 0.2) is 32.9 Å². The summed E-state index contributed by atoms with van der Waals surface area (Å²) in [4.78, 5) is 10.2. The van der Waals surface area contributed by atoms with Crippen molar-refractivity contribution in [1.82, 2.24) is 0 Å². The Kier molecular flexibility index (Phi) is 3.13. The van der Waals surface area contributed by atoms with Gasteiger partial charge >= 0.3 is 5.97 Å². The molecular formula is C7H8N2O4S. The van der Waals surface area contributed by atoms with Gasteiger partial charge in [-0.3, -0.25) is 4.79 Å². The van der Waals surface area contributed by atoms with Crippen molar-refractivity contribution >= 4 is 16.0 Å². The first-order valence-corrected chi connectivity index (χ1v) is 5.27. The number of hydrogen-bond acceptors (Lipinski definition) is 4. The summed E-state index contributed by atoms with van der Waals surface area (Å²) >= 11 is 0. The molecule has 0 aromatic heterocycles. The molecule has 0 unspecified atom stereocenters. The van der Waals surface area contributed by atoms with Crippen molar-refractivity contribution < 1.29 is 18.3 Å². The highest BCUT2D eigenvalue weighted by atomic mass is 32.2. The molecule has 0 radical (unpaired) electrons. The molecule has 7 heteroatoms. The maximum absolute atomic E-state index is 10.9. The van der Waals surface area contributed by atoms with E-state index < -0.39 is 16.0 Å². The van der Waals surface area contributed by atoms with Crippen LogP contribution in [0.1, 0.15) is 12.8 Å². The van der Waals surface area contributed by atoms with Crippen LogP contribution < -0.4 is 0 Å². The first kappa shape index (κ1) is 10.6. The van der Waals surface area contributed by atoms with E-state index in [9.17, 15) is 13.2 Å². The number of carbonyl (C=O) groups is 1. The average Bonchev–Trinajstić information content (AvgIpc) is 2.23. The van der Waals surface area contributed by atoms with E-state index in [1.165, 1.54) is 12.2 Å². The maximum atomic E-state index is 10.9. The molecular weight excluding hydrogens is 208 g/mol. The lowest BCUT2D eigenvalue weighted by molar-refractivity contribution is -0.136. The Balaban J connectivity index is 2.70. The molecule has 0 aliphatic carbocycles. The summed E-state index contributed by atoms with van der Waals surface area (Å²) in [6.45, 7) is 0. The molecule has 0 amide bonds. The van der Waals surface area contributed by atoms with Crippen LogP contribution in [0.25, 0.3) is 0 Å². The van der Waals surface area contributed by atoms with Gasteiger partial charge in [0.2, 0.25) is 0 Å². The summed E-state index contributed by atoms with van der Waals surface area (Å²) < 4.78 is 24.8. The first-order chi connectivity index (χ1) is 6.49. The van der Waals surface area contributed by atoms with Crippen molar-refractivity contribution in [3.05, 3.63) is 23.3 Å². The summed E-state index contributed by atoms with van der Waals surface area (Å²) in [6, 6.07) is 0. The Morgan fingerprint density at radius 2 is 2.21 bits per heavy atom. The van der Waals surface area contributed by atoms with Gasteiger partial charge in [-0.1, -0.05) is 4.52 Å². The zero-order valence-electron chi connectivity index (χ0n) is 7.12. The van der Waals surface area contributed by atoms with E-state index in [1.807, 2.05) is 0 Å². The number of carboxylic acids is 1. The van der Waals surface area contributed by atoms with E-state index >= 15 is 0 Å². The van der Waals surface area contributed by atoms with Crippen LogP contribution in [0.4, 0.5) is 0 Å². The molecule has 14 heavy (non-hydrogen) atoms. The van der Waals surface area contributed by atoms with Crippen LogP contribution in [0.5, 0.6) is 0 Å². The molecule has 0 fully saturated rings. The van der Waals surface area contributed by atoms with Gasteiger partial charge in [-0.25, -0.2) is 0 Å². The maximum Gasteiger partial charge on any atom is 0.303 e. The van der Waals surface area contributed by atoms with Crippen LogP contribution in [0.3, 0.4) is 0 Å². The molecule has 0 aromatic rings. The SMILES string of the molecule is O=C(O)CCC1=CC=CS(=O)(=O)N=N1. The molecule has 0 saturated heterocycles. The number of hydrogen-bond donors (Lipinski definition) is 1. The Bertz CT molecular complexity index is 419. The molecule has 1 heterocycles. The molecule has 1 aliphatic rings. The summed E-state index contributed by atoms with van der Waals surface area (Å²) in [5.74, 6) is -0.961. The number of allylic oxidation sites excluding steroid dienone is 3. The van der Waals surface area contributed by atoms with Crippen LogP contribution in [0, 0.1) is 0 Å². The minimum absolute atomic E-state index is 0.0985. The number of carboxylic acid groups (broad SMARTS) is 1. The highest BCUT2D eigenvalue weighted by Crippen LogP contribution is 2.13. The normalized spacial score (nSPS) is 18.7. The van der Waals surface area contributed by atoms with Gasteiger partial charge in [0.15, 0.2) is 0 Å². The highest BCUT2D eigenvalue weighted by molar-refractivity contribution is 7.92. The monoisotopic (exact) mass is 216 g/mol. The van der Waals surface area contributed by atoms with Crippen LogP contribution in [0.2, 0.25) is 0 Å². The second-order valence-corrected chi connectivity index (χ2v) is 4.04. The average molecular weight is 216 g/mol. The molecule has 1 aliphatic heterocycles. The van der Waals surface area contributed by atoms with Gasteiger partial charge in [0, 0.05) is 6.42 Å². The van der Waals surface area contributed by atoms with Crippen molar-refractivity contribution in [2.75, 3.05) is 0 Å². The zero-order chi connectivity index (χ0) is 10.6. The van der Waals surface area contributed by atoms with Gasteiger partial charge in [0.05, 0.1) is 17.5 Å². The Hall–Kier alpha value is -1.50. The van der Waals surface area contributed by atoms with E-state index in [0.29, 0.717) is 5.70 Å². The molecule has 0 saturated carbocycles. The minimum Gasteiger partial charge on any atom is -0.481 e. The van der Waals surface area contributed by atoms with E-state index in [4.69, 9.17) is 5.11 Å². The lowest BCUT2D eigenvalue weighted by Crippen LogP contribution is -1.94. The summed E-state index contributed by atoms with van der Waals surface area (Å²) in [5.41, 5.74) is 0.338. The van der Waals surface area contributed by atoms with Gasteiger partial charge in [-0.2, -0.15) is 8.42 Å². The van der Waals surface area contributed by atoms with E-state index in [1.54, 1.807) is 0 Å². The quantitative estimate of drug-likeness (QED) is 0.762. The van der Waals surface area contributed by atoms with Gasteiger partial charge in [0.1, 0.15) is 0 Å². The van der Waals surface area contributed by atoms with Gasteiger partial charge < -0.3 is 5.11 Å². The molecule has 76 valence electrons. The first-order valence-electron chi connectivity index (χ1n) is 3.77. The van der Waals surface area contributed by atoms with Crippen LogP contribution >= 0.6 is 0 Å². The lowest BCUT2D eigenvalue weighted by Gasteiger charge is -1.93. The summed E-state index contributed by atoms with van der Waals surface area (Å²) in [7, 11) is -3.61. The third kappa shape index (κ3) is 3.48. The molecule has 1 rings (SSSR count). The third-order valence-electron chi connectivity index (χ3n) is 1.42. The van der Waals surface area contributed by atoms with E-state index in [0.717, 1.165) is 5.41 Å². The van der Waals surface area contributed by atoms with Gasteiger partial charge in [0.25, 0.3) is 10.0 Å². The topological polar surface area (TPSA) is 96.2 Å². The molecule has 0 bridgehead atoms. The van der Waals surface area contributed by atoms with Gasteiger partial charge in [-0.05, 0) is 12.2 Å². The van der Waals surface area contributed by atoms with Crippen molar-refractivity contribution in [3.8, 4) is 0 Å². The number of sulfonamides is 1. The van der Waals surface area contributed by atoms with E-state index in [-0.39, 0.29) is 12.8 Å². The minimum atomic E-state index is -3.61. The lowest BCUT2D eigenvalue weighted by atomic mass is 10.2. The van der Waals surface area contributed by atoms with Crippen molar-refractivity contribution in [1.29, 1.82) is 0 Å². The molecule has 1 N–H and O–H groups in total. The zero-order valence-corrected chi connectivity index (χ0v) is 7.94. The fraction of sp³-hybridized carbons (Fsp3) is 0.286. The Morgan fingerprint density at radius 1 is 1.50 bits per heavy atom. The molecule has 0 atom stereocenters. The van der Waals surface area contributed by atoms with Crippen molar-refractivity contribution in [2.45, 2.75) is 12.8 Å². The molecule has 6 nitrogen and oxygen atoms in total. The van der Waals surface area contributed by atoms with Crippen molar-refractivity contribution in [2.24, 2.45) is 9.63 Å². The smallest absolute Gasteiger partial charge is 0.303 e. The van der Waals surface area contributed by atoms with Crippen molar-refractivity contribution in [3.63, 3.8) is 0 Å². The summed E-state index contributed by atoms with van der Waals surface area (Å²) in [6.07, 6.45) is 2.78. The van der Waals surface area contributed by atoms with E-state index in [2.05, 4.69) is 9.63 Å². The fourth-order valence-corrected chi connectivity index (χ4v) is 1.34. The molecule has 0 aromatic carbocycles. The predicted molar refractivity (Wildman–Crippen MR) is 47.9 cm³/mol. The van der Waals surface area contributed by atoms with Gasteiger partial charge in [-0.15, -0.1) is 5.11 Å². The highest BCUT2D eigenvalue weighted by Gasteiger charge is 2.07.